The second kappa shape index (κ2) is 7.59. The number of nitrogens with zero attached hydrogens (tertiary/aromatic N) is 5. The number of piperidine rings is 1. The van der Waals surface area contributed by atoms with E-state index in [4.69, 9.17) is 0 Å². The molecule has 0 spiro atoms. The van der Waals surface area contributed by atoms with E-state index < -0.39 is 5.97 Å². The Labute approximate surface area is 161 Å². The Balaban J connectivity index is 1.81. The van der Waals surface area contributed by atoms with Crippen LogP contribution in [-0.4, -0.2) is 48.2 Å². The molecule has 1 fully saturated rings. The van der Waals surface area contributed by atoms with Crippen molar-refractivity contribution in [1.29, 1.82) is 0 Å². The third-order valence-electron chi connectivity index (χ3n) is 4.73. The second-order valence-electron chi connectivity index (χ2n) is 6.59. The maximum absolute atomic E-state index is 12.3. The summed E-state index contributed by atoms with van der Waals surface area (Å²) in [6, 6.07) is 10.2. The number of rotatable bonds is 5. The highest BCUT2D eigenvalue weighted by Crippen LogP contribution is 2.22. The molecule has 1 N–H and O–H groups in total. The van der Waals surface area contributed by atoms with Crippen LogP contribution in [0.1, 0.15) is 35.4 Å². The Bertz CT molecular complexity index is 1020. The van der Waals surface area contributed by atoms with Crippen molar-refractivity contribution in [2.45, 2.75) is 25.8 Å². The Hall–Kier alpha value is -3.55. The maximum atomic E-state index is 12.3. The second-order valence-corrected chi connectivity index (χ2v) is 6.59. The monoisotopic (exact) mass is 377 g/mol. The van der Waals surface area contributed by atoms with Crippen LogP contribution in [0.4, 0.5) is 0 Å². The minimum Gasteiger partial charge on any atom is -0.478 e. The van der Waals surface area contributed by atoms with Crippen LogP contribution in [0, 0.1) is 0 Å². The van der Waals surface area contributed by atoms with Crippen LogP contribution in [0.25, 0.3) is 17.1 Å². The van der Waals surface area contributed by atoms with Crippen LogP contribution in [0.3, 0.4) is 0 Å². The van der Waals surface area contributed by atoms with Gasteiger partial charge in [-0.3, -0.25) is 9.78 Å². The fourth-order valence-electron chi connectivity index (χ4n) is 3.30. The number of carbonyl (C=O) groups excluding carboxylic acids is 1. The molecule has 8 heteroatoms. The number of aromatic nitrogens is 4. The molecule has 1 aliphatic heterocycles. The van der Waals surface area contributed by atoms with Gasteiger partial charge in [-0.25, -0.2) is 14.5 Å². The number of carboxylic acids is 1. The van der Waals surface area contributed by atoms with Gasteiger partial charge in [0.05, 0.1) is 17.8 Å². The Morgan fingerprint density at radius 1 is 1.11 bits per heavy atom. The van der Waals surface area contributed by atoms with Gasteiger partial charge in [0.25, 0.3) is 0 Å². The average molecular weight is 377 g/mol. The van der Waals surface area contributed by atoms with Crippen LogP contribution in [0.5, 0.6) is 0 Å². The molecule has 1 saturated heterocycles. The zero-order valence-electron chi connectivity index (χ0n) is 15.2. The first-order valence-corrected chi connectivity index (χ1v) is 9.10. The van der Waals surface area contributed by atoms with Gasteiger partial charge in [-0.1, -0.05) is 12.1 Å². The molecule has 1 amide bonds. The first kappa shape index (κ1) is 17.8. The summed E-state index contributed by atoms with van der Waals surface area (Å²) in [5, 5.41) is 14.1. The third kappa shape index (κ3) is 3.48. The Morgan fingerprint density at radius 3 is 2.64 bits per heavy atom. The maximum Gasteiger partial charge on any atom is 0.337 e. The first-order chi connectivity index (χ1) is 13.6. The highest BCUT2D eigenvalue weighted by molar-refractivity contribution is 5.91. The quantitative estimate of drug-likeness (QED) is 0.733. The molecule has 0 aliphatic carbocycles. The van der Waals surface area contributed by atoms with E-state index in [-0.39, 0.29) is 18.0 Å². The predicted molar refractivity (Wildman–Crippen MR) is 101 cm³/mol. The molecule has 0 atom stereocenters. The molecule has 2 aromatic heterocycles. The van der Waals surface area contributed by atoms with Gasteiger partial charge < -0.3 is 10.0 Å². The summed E-state index contributed by atoms with van der Waals surface area (Å²) in [6.07, 6.45) is 5.66. The molecule has 0 radical (unpaired) electrons. The standard InChI is InChI=1S/C20H19N5O3/c26-18-7-3-4-12-24(18)13-17-22-19(14-8-10-21-11-9-14)23-25(17)16-6-2-1-5-15(16)20(27)28/h1-2,5-6,8-11H,3-4,7,12-13H2,(H,27,28). The van der Waals surface area contributed by atoms with Crippen molar-refractivity contribution in [3.63, 3.8) is 0 Å². The van der Waals surface area contributed by atoms with Crippen LogP contribution in [-0.2, 0) is 11.3 Å². The summed E-state index contributed by atoms with van der Waals surface area (Å²) >= 11 is 0. The molecule has 1 aliphatic rings. The topological polar surface area (TPSA) is 101 Å². The smallest absolute Gasteiger partial charge is 0.337 e. The highest BCUT2D eigenvalue weighted by atomic mass is 16.4. The van der Waals surface area contributed by atoms with Gasteiger partial charge in [-0.05, 0) is 37.1 Å². The molecule has 3 heterocycles. The van der Waals surface area contributed by atoms with E-state index in [1.54, 1.807) is 47.6 Å². The van der Waals surface area contributed by atoms with Crippen molar-refractivity contribution in [3.05, 3.63) is 60.2 Å². The number of carboxylic acid groups (broad SMARTS) is 1. The average Bonchev–Trinajstić information content (AvgIpc) is 3.14. The molecule has 0 unspecified atom stereocenters. The van der Waals surface area contributed by atoms with Gasteiger partial charge in [-0.2, -0.15) is 0 Å². The van der Waals surface area contributed by atoms with Crippen molar-refractivity contribution in [2.75, 3.05) is 6.54 Å². The SMILES string of the molecule is O=C(O)c1ccccc1-n1nc(-c2ccncc2)nc1CN1CCCCC1=O. The van der Waals surface area contributed by atoms with Crippen LogP contribution < -0.4 is 0 Å². The lowest BCUT2D eigenvalue weighted by Crippen LogP contribution is -2.35. The predicted octanol–water partition coefficient (Wildman–Crippen LogP) is 2.54. The molecular weight excluding hydrogens is 358 g/mol. The summed E-state index contributed by atoms with van der Waals surface area (Å²) in [5.74, 6) is 0.0205. The fourth-order valence-corrected chi connectivity index (χ4v) is 3.30. The number of carbonyl (C=O) groups is 2. The number of hydrogen-bond acceptors (Lipinski definition) is 5. The molecule has 8 nitrogen and oxygen atoms in total. The van der Waals surface area contributed by atoms with E-state index in [1.807, 2.05) is 0 Å². The zero-order valence-corrected chi connectivity index (χ0v) is 15.2. The molecule has 0 saturated carbocycles. The van der Waals surface area contributed by atoms with E-state index in [0.717, 1.165) is 18.4 Å². The Kier molecular flexibility index (Phi) is 4.84. The third-order valence-corrected chi connectivity index (χ3v) is 4.73. The van der Waals surface area contributed by atoms with Crippen molar-refractivity contribution >= 4 is 11.9 Å². The normalized spacial score (nSPS) is 14.3. The van der Waals surface area contributed by atoms with E-state index in [2.05, 4.69) is 15.1 Å². The van der Waals surface area contributed by atoms with Gasteiger partial charge in [0.15, 0.2) is 11.6 Å². The van der Waals surface area contributed by atoms with Crippen molar-refractivity contribution in [2.24, 2.45) is 0 Å². The van der Waals surface area contributed by atoms with Gasteiger partial charge >= 0.3 is 5.97 Å². The molecule has 4 rings (SSSR count). The lowest BCUT2D eigenvalue weighted by atomic mass is 10.1. The largest absolute Gasteiger partial charge is 0.478 e. The summed E-state index contributed by atoms with van der Waals surface area (Å²) in [4.78, 5) is 34.3. The van der Waals surface area contributed by atoms with Gasteiger partial charge in [0.1, 0.15) is 0 Å². The molecule has 0 bridgehead atoms. The number of para-hydroxylation sites is 1. The minimum absolute atomic E-state index is 0.0813. The number of benzene rings is 1. The summed E-state index contributed by atoms with van der Waals surface area (Å²) in [5.41, 5.74) is 1.31. The zero-order chi connectivity index (χ0) is 19.5. The van der Waals surface area contributed by atoms with E-state index in [9.17, 15) is 14.7 Å². The van der Waals surface area contributed by atoms with Gasteiger partial charge in [0, 0.05) is 30.9 Å². The first-order valence-electron chi connectivity index (χ1n) is 9.10. The van der Waals surface area contributed by atoms with Crippen molar-refractivity contribution in [3.8, 4) is 17.1 Å². The number of amides is 1. The van der Waals surface area contributed by atoms with Gasteiger partial charge in [-0.15, -0.1) is 5.10 Å². The molecule has 1 aromatic carbocycles. The lowest BCUT2D eigenvalue weighted by Gasteiger charge is -2.26. The van der Waals surface area contributed by atoms with E-state index in [0.29, 0.717) is 30.3 Å². The van der Waals surface area contributed by atoms with Gasteiger partial charge in [0.2, 0.25) is 5.91 Å². The van der Waals surface area contributed by atoms with Crippen LogP contribution in [0.15, 0.2) is 48.8 Å². The molecule has 142 valence electrons. The minimum atomic E-state index is -1.04. The lowest BCUT2D eigenvalue weighted by molar-refractivity contribution is -0.134. The molecular formula is C20H19N5O3. The van der Waals surface area contributed by atoms with Crippen molar-refractivity contribution in [1.82, 2.24) is 24.6 Å². The summed E-state index contributed by atoms with van der Waals surface area (Å²) in [6.45, 7) is 0.946. The summed E-state index contributed by atoms with van der Waals surface area (Å²) < 4.78 is 1.53. The highest BCUT2D eigenvalue weighted by Gasteiger charge is 2.23. The number of aromatic carboxylic acids is 1. The molecule has 28 heavy (non-hydrogen) atoms. The number of likely N-dealkylation sites (tertiary alicyclic amines) is 1. The molecule has 3 aromatic rings. The number of pyridine rings is 1. The fraction of sp³-hybridized carbons (Fsp3) is 0.250. The van der Waals surface area contributed by atoms with Crippen molar-refractivity contribution < 1.29 is 14.7 Å². The van der Waals surface area contributed by atoms with E-state index >= 15 is 0 Å². The van der Waals surface area contributed by atoms with Crippen LogP contribution >= 0.6 is 0 Å². The van der Waals surface area contributed by atoms with E-state index in [1.165, 1.54) is 10.7 Å². The summed E-state index contributed by atoms with van der Waals surface area (Å²) in [7, 11) is 0. The van der Waals surface area contributed by atoms with Crippen LogP contribution in [0.2, 0.25) is 0 Å². The number of hydrogen-bond donors (Lipinski definition) is 1. The Morgan fingerprint density at radius 2 is 1.89 bits per heavy atom.